The molecule has 0 bridgehead atoms. The number of ether oxygens (including phenoxy) is 1. The maximum absolute atomic E-state index is 12.2. The highest BCUT2D eigenvalue weighted by atomic mass is 16.5. The molecular formula is C22H22N6O2. The van der Waals surface area contributed by atoms with Crippen molar-refractivity contribution < 1.29 is 9.53 Å². The van der Waals surface area contributed by atoms with Gasteiger partial charge in [-0.3, -0.25) is 9.36 Å². The summed E-state index contributed by atoms with van der Waals surface area (Å²) in [6.45, 7) is 2.51. The van der Waals surface area contributed by atoms with Gasteiger partial charge in [0.05, 0.1) is 12.3 Å². The third-order valence-electron chi connectivity index (χ3n) is 4.56. The van der Waals surface area contributed by atoms with E-state index in [-0.39, 0.29) is 5.69 Å². The van der Waals surface area contributed by atoms with Crippen LogP contribution in [0.25, 0.3) is 28.2 Å². The molecule has 1 amide bonds. The Morgan fingerprint density at radius 2 is 1.73 bits per heavy atom. The predicted molar refractivity (Wildman–Crippen MR) is 116 cm³/mol. The molecule has 0 aliphatic carbocycles. The molecule has 0 aliphatic heterocycles. The summed E-state index contributed by atoms with van der Waals surface area (Å²) in [6.07, 6.45) is 0. The maximum atomic E-state index is 12.2. The summed E-state index contributed by atoms with van der Waals surface area (Å²) in [4.78, 5) is 27.9. The van der Waals surface area contributed by atoms with Crippen LogP contribution in [0.2, 0.25) is 0 Å². The molecule has 0 unspecified atom stereocenters. The fourth-order valence-corrected chi connectivity index (χ4v) is 3.23. The van der Waals surface area contributed by atoms with Gasteiger partial charge in [0.2, 0.25) is 5.95 Å². The van der Waals surface area contributed by atoms with Crippen LogP contribution in [-0.2, 0) is 0 Å². The number of hydrogen-bond donors (Lipinski definition) is 1. The number of para-hydroxylation sites is 1. The number of imidazole rings is 1. The number of primary amides is 1. The molecule has 2 aromatic carbocycles. The summed E-state index contributed by atoms with van der Waals surface area (Å²) in [5.74, 6) is 1.11. The Bertz CT molecular complexity index is 1200. The molecule has 152 valence electrons. The first-order chi connectivity index (χ1) is 14.5. The third-order valence-corrected chi connectivity index (χ3v) is 4.56. The van der Waals surface area contributed by atoms with E-state index in [1.807, 2.05) is 85.1 Å². The van der Waals surface area contributed by atoms with Gasteiger partial charge in [-0.25, -0.2) is 15.0 Å². The van der Waals surface area contributed by atoms with Crippen LogP contribution in [0, 0.1) is 0 Å². The molecule has 0 saturated carbocycles. The van der Waals surface area contributed by atoms with E-state index in [0.717, 1.165) is 17.0 Å². The lowest BCUT2D eigenvalue weighted by Gasteiger charge is -2.14. The van der Waals surface area contributed by atoms with Gasteiger partial charge in [0, 0.05) is 19.7 Å². The van der Waals surface area contributed by atoms with Crippen molar-refractivity contribution in [3.63, 3.8) is 0 Å². The minimum atomic E-state index is -0.655. The summed E-state index contributed by atoms with van der Waals surface area (Å²) >= 11 is 0. The number of amides is 1. The summed E-state index contributed by atoms with van der Waals surface area (Å²) in [7, 11) is 3.76. The van der Waals surface area contributed by atoms with E-state index in [0.29, 0.717) is 29.5 Å². The number of benzene rings is 2. The molecule has 2 aromatic heterocycles. The Morgan fingerprint density at radius 3 is 2.33 bits per heavy atom. The first-order valence-electron chi connectivity index (χ1n) is 9.56. The minimum Gasteiger partial charge on any atom is -0.494 e. The molecule has 4 rings (SSSR count). The van der Waals surface area contributed by atoms with Crippen LogP contribution in [-0.4, -0.2) is 46.1 Å². The van der Waals surface area contributed by atoms with E-state index in [2.05, 4.69) is 9.97 Å². The number of anilines is 1. The molecule has 0 saturated heterocycles. The van der Waals surface area contributed by atoms with Gasteiger partial charge in [0.15, 0.2) is 17.2 Å². The van der Waals surface area contributed by atoms with E-state index >= 15 is 0 Å². The highest BCUT2D eigenvalue weighted by Gasteiger charge is 2.23. The molecule has 0 atom stereocenters. The molecule has 4 aromatic rings. The highest BCUT2D eigenvalue weighted by Crippen LogP contribution is 2.29. The SMILES string of the molecule is CCOc1ccc(-c2nc(C(N)=O)c3nc(N(C)C)n(-c4ccccc4)c3n2)cc1. The maximum Gasteiger partial charge on any atom is 0.269 e. The smallest absolute Gasteiger partial charge is 0.269 e. The molecular weight excluding hydrogens is 380 g/mol. The number of fused-ring (bicyclic) bond motifs is 1. The van der Waals surface area contributed by atoms with Crippen molar-refractivity contribution in [1.29, 1.82) is 0 Å². The average Bonchev–Trinajstić information content (AvgIpc) is 3.14. The summed E-state index contributed by atoms with van der Waals surface area (Å²) in [5, 5.41) is 0. The van der Waals surface area contributed by atoms with Crippen LogP contribution >= 0.6 is 0 Å². The second kappa shape index (κ2) is 7.82. The number of aromatic nitrogens is 4. The molecule has 0 radical (unpaired) electrons. The van der Waals surface area contributed by atoms with Crippen molar-refractivity contribution in [2.45, 2.75) is 6.92 Å². The van der Waals surface area contributed by atoms with Crippen molar-refractivity contribution >= 4 is 23.0 Å². The monoisotopic (exact) mass is 402 g/mol. The second-order valence-corrected chi connectivity index (χ2v) is 6.87. The van der Waals surface area contributed by atoms with E-state index in [1.165, 1.54) is 0 Å². The number of rotatable bonds is 6. The van der Waals surface area contributed by atoms with Crippen molar-refractivity contribution in [1.82, 2.24) is 19.5 Å². The predicted octanol–water partition coefficient (Wildman–Crippen LogP) is 3.05. The molecule has 0 aliphatic rings. The Hall–Kier alpha value is -3.94. The molecule has 0 fully saturated rings. The van der Waals surface area contributed by atoms with Crippen LogP contribution < -0.4 is 15.4 Å². The number of hydrogen-bond acceptors (Lipinski definition) is 6. The fourth-order valence-electron chi connectivity index (χ4n) is 3.23. The molecule has 8 nitrogen and oxygen atoms in total. The van der Waals surface area contributed by atoms with Gasteiger partial charge >= 0.3 is 0 Å². The summed E-state index contributed by atoms with van der Waals surface area (Å²) < 4.78 is 7.39. The van der Waals surface area contributed by atoms with Gasteiger partial charge < -0.3 is 15.4 Å². The Labute approximate surface area is 174 Å². The van der Waals surface area contributed by atoms with Crippen LogP contribution in [0.4, 0.5) is 5.95 Å². The zero-order valence-electron chi connectivity index (χ0n) is 17.0. The lowest BCUT2D eigenvalue weighted by Crippen LogP contribution is -2.15. The molecule has 0 spiro atoms. The fraction of sp³-hybridized carbons (Fsp3) is 0.182. The average molecular weight is 402 g/mol. The van der Waals surface area contributed by atoms with E-state index < -0.39 is 5.91 Å². The number of nitrogens with two attached hydrogens (primary N) is 1. The standard InChI is InChI=1S/C22H22N6O2/c1-4-30-16-12-10-14(11-13-16)20-24-17(19(23)29)18-21(26-20)28(22(25-18)27(2)3)15-8-6-5-7-9-15/h5-13H,4H2,1-3H3,(H2,23,29). The zero-order chi connectivity index (χ0) is 21.3. The number of carbonyl (C=O) groups is 1. The topological polar surface area (TPSA) is 99.2 Å². The van der Waals surface area contributed by atoms with Crippen LogP contribution in [0.15, 0.2) is 54.6 Å². The number of nitrogens with zero attached hydrogens (tertiary/aromatic N) is 5. The van der Waals surface area contributed by atoms with Crippen LogP contribution in [0.5, 0.6) is 5.75 Å². The minimum absolute atomic E-state index is 0.0849. The van der Waals surface area contributed by atoms with Crippen molar-refractivity contribution in [2.75, 3.05) is 25.6 Å². The van der Waals surface area contributed by atoms with Crippen LogP contribution in [0.1, 0.15) is 17.4 Å². The van der Waals surface area contributed by atoms with Crippen LogP contribution in [0.3, 0.4) is 0 Å². The van der Waals surface area contributed by atoms with E-state index in [9.17, 15) is 4.79 Å². The van der Waals surface area contributed by atoms with E-state index in [1.54, 1.807) is 0 Å². The van der Waals surface area contributed by atoms with Gasteiger partial charge in [0.25, 0.3) is 5.91 Å². The van der Waals surface area contributed by atoms with Gasteiger partial charge in [0.1, 0.15) is 11.3 Å². The molecule has 8 heteroatoms. The first kappa shape index (κ1) is 19.4. The van der Waals surface area contributed by atoms with Gasteiger partial charge in [-0.2, -0.15) is 0 Å². The first-order valence-corrected chi connectivity index (χ1v) is 9.56. The second-order valence-electron chi connectivity index (χ2n) is 6.87. The Kier molecular flexibility index (Phi) is 5.05. The summed E-state index contributed by atoms with van der Waals surface area (Å²) in [5.41, 5.74) is 8.23. The molecule has 2 heterocycles. The van der Waals surface area contributed by atoms with E-state index in [4.69, 9.17) is 15.5 Å². The van der Waals surface area contributed by atoms with Crippen molar-refractivity contribution in [3.05, 3.63) is 60.3 Å². The Balaban J connectivity index is 1.99. The van der Waals surface area contributed by atoms with Crippen molar-refractivity contribution in [3.8, 4) is 22.8 Å². The quantitative estimate of drug-likeness (QED) is 0.532. The molecule has 30 heavy (non-hydrogen) atoms. The van der Waals surface area contributed by atoms with Gasteiger partial charge in [-0.1, -0.05) is 18.2 Å². The normalized spacial score (nSPS) is 10.9. The molecule has 2 N–H and O–H groups in total. The Morgan fingerprint density at radius 1 is 1.03 bits per heavy atom. The summed E-state index contributed by atoms with van der Waals surface area (Å²) in [6, 6.07) is 17.1. The largest absolute Gasteiger partial charge is 0.494 e. The lowest BCUT2D eigenvalue weighted by molar-refractivity contribution is 0.0997. The highest BCUT2D eigenvalue weighted by molar-refractivity contribution is 6.03. The lowest BCUT2D eigenvalue weighted by atomic mass is 10.2. The van der Waals surface area contributed by atoms with Gasteiger partial charge in [-0.05, 0) is 43.3 Å². The number of carbonyl (C=O) groups excluding carboxylic acids is 1. The van der Waals surface area contributed by atoms with Crippen molar-refractivity contribution in [2.24, 2.45) is 5.73 Å². The zero-order valence-corrected chi connectivity index (χ0v) is 17.0. The van der Waals surface area contributed by atoms with Gasteiger partial charge in [-0.15, -0.1) is 0 Å². The third kappa shape index (κ3) is 3.43.